The molecule has 22 heavy (non-hydrogen) atoms. The van der Waals surface area contributed by atoms with Crippen molar-refractivity contribution >= 4 is 10.9 Å². The van der Waals surface area contributed by atoms with E-state index in [1.165, 1.54) is 38.9 Å². The third kappa shape index (κ3) is 1.85. The predicted molar refractivity (Wildman–Crippen MR) is 94.5 cm³/mol. The van der Waals surface area contributed by atoms with Crippen molar-refractivity contribution in [2.75, 3.05) is 0 Å². The molecule has 2 aromatic carbocycles. The van der Waals surface area contributed by atoms with E-state index < -0.39 is 0 Å². The average Bonchev–Trinajstić information content (AvgIpc) is 2.79. The van der Waals surface area contributed by atoms with E-state index in [4.69, 9.17) is 0 Å². The molecule has 0 spiro atoms. The van der Waals surface area contributed by atoms with Crippen LogP contribution >= 0.6 is 0 Å². The zero-order chi connectivity index (χ0) is 15.5. The van der Waals surface area contributed by atoms with Crippen molar-refractivity contribution < 1.29 is 0 Å². The topological polar surface area (TPSA) is 4.93 Å². The number of nitrogens with zero attached hydrogens (tertiary/aromatic N) is 1. The molecule has 0 saturated heterocycles. The van der Waals surface area contributed by atoms with E-state index in [-0.39, 0.29) is 5.41 Å². The fourth-order valence-corrected chi connectivity index (χ4v) is 3.81. The molecule has 0 radical (unpaired) electrons. The highest BCUT2D eigenvalue weighted by atomic mass is 15.0. The second-order valence-corrected chi connectivity index (χ2v) is 7.53. The van der Waals surface area contributed by atoms with Gasteiger partial charge in [0.25, 0.3) is 0 Å². The highest BCUT2D eigenvalue weighted by Gasteiger charge is 2.24. The minimum Gasteiger partial charge on any atom is -0.343 e. The Bertz CT molecular complexity index is 875. The lowest BCUT2D eigenvalue weighted by molar-refractivity contribution is 0.591. The van der Waals surface area contributed by atoms with Crippen LogP contribution in [0.15, 0.2) is 42.5 Å². The van der Waals surface area contributed by atoms with Gasteiger partial charge in [-0.15, -0.1) is 0 Å². The molecular weight excluding hydrogens is 266 g/mol. The molecule has 0 amide bonds. The number of fused-ring (bicyclic) bond motifs is 5. The SMILES string of the molecule is Cn1c2c(c3cc(C(C)(C)C)ccc31)CCc1ccccc1-2. The number of hydrogen-bond donors (Lipinski definition) is 0. The maximum Gasteiger partial charge on any atom is 0.0524 e. The van der Waals surface area contributed by atoms with Crippen molar-refractivity contribution in [1.82, 2.24) is 4.57 Å². The Labute approximate surface area is 132 Å². The minimum atomic E-state index is 0.198. The highest BCUT2D eigenvalue weighted by molar-refractivity contribution is 5.93. The smallest absolute Gasteiger partial charge is 0.0524 e. The third-order valence-corrected chi connectivity index (χ3v) is 5.09. The molecular formula is C21H23N. The fourth-order valence-electron chi connectivity index (χ4n) is 3.81. The van der Waals surface area contributed by atoms with Gasteiger partial charge >= 0.3 is 0 Å². The summed E-state index contributed by atoms with van der Waals surface area (Å²) in [6.07, 6.45) is 2.30. The Morgan fingerprint density at radius 1 is 0.955 bits per heavy atom. The first-order valence-corrected chi connectivity index (χ1v) is 8.17. The highest BCUT2D eigenvalue weighted by Crippen LogP contribution is 2.40. The molecule has 1 heterocycles. The lowest BCUT2D eigenvalue weighted by Crippen LogP contribution is -2.10. The molecule has 112 valence electrons. The van der Waals surface area contributed by atoms with Gasteiger partial charge in [0.05, 0.1) is 5.69 Å². The third-order valence-electron chi connectivity index (χ3n) is 5.09. The molecule has 0 bridgehead atoms. The summed E-state index contributed by atoms with van der Waals surface area (Å²) in [6, 6.07) is 15.9. The normalized spacial score (nSPS) is 14.0. The van der Waals surface area contributed by atoms with E-state index in [9.17, 15) is 0 Å². The second-order valence-electron chi connectivity index (χ2n) is 7.53. The van der Waals surface area contributed by atoms with Crippen LogP contribution < -0.4 is 0 Å². The maximum absolute atomic E-state index is 2.42. The summed E-state index contributed by atoms with van der Waals surface area (Å²) in [5.74, 6) is 0. The predicted octanol–water partition coefficient (Wildman–Crippen LogP) is 5.24. The van der Waals surface area contributed by atoms with Crippen LogP contribution in [-0.4, -0.2) is 4.57 Å². The first kappa shape index (κ1) is 13.6. The first-order chi connectivity index (χ1) is 10.5. The van der Waals surface area contributed by atoms with E-state index in [0.29, 0.717) is 0 Å². The van der Waals surface area contributed by atoms with E-state index >= 15 is 0 Å². The second kappa shape index (κ2) is 4.49. The number of aromatic nitrogens is 1. The number of aryl methyl sites for hydroxylation is 3. The van der Waals surface area contributed by atoms with E-state index in [2.05, 4.69) is 74.9 Å². The van der Waals surface area contributed by atoms with Crippen molar-refractivity contribution in [1.29, 1.82) is 0 Å². The summed E-state index contributed by atoms with van der Waals surface area (Å²) in [7, 11) is 2.21. The summed E-state index contributed by atoms with van der Waals surface area (Å²) < 4.78 is 2.38. The molecule has 3 aromatic rings. The monoisotopic (exact) mass is 289 g/mol. The molecule has 1 aliphatic carbocycles. The fraction of sp³-hybridized carbons (Fsp3) is 0.333. The molecule has 1 heteroatoms. The van der Waals surface area contributed by atoms with Crippen LogP contribution in [0, 0.1) is 0 Å². The van der Waals surface area contributed by atoms with E-state index in [1.54, 1.807) is 0 Å². The molecule has 0 fully saturated rings. The lowest BCUT2D eigenvalue weighted by atomic mass is 9.85. The van der Waals surface area contributed by atoms with Crippen LogP contribution in [0.4, 0.5) is 0 Å². The van der Waals surface area contributed by atoms with Crippen LogP contribution in [0.5, 0.6) is 0 Å². The van der Waals surface area contributed by atoms with E-state index in [1.807, 2.05) is 0 Å². The van der Waals surface area contributed by atoms with Gasteiger partial charge in [-0.2, -0.15) is 0 Å². The lowest BCUT2D eigenvalue weighted by Gasteiger charge is -2.19. The Morgan fingerprint density at radius 2 is 1.73 bits per heavy atom. The standard InChI is InChI=1S/C21H23N/c1-21(2,3)15-10-12-19-18(13-15)17-11-9-14-7-5-6-8-16(14)20(17)22(19)4/h5-8,10,12-13H,9,11H2,1-4H3. The summed E-state index contributed by atoms with van der Waals surface area (Å²) in [4.78, 5) is 0. The summed E-state index contributed by atoms with van der Waals surface area (Å²) >= 11 is 0. The molecule has 0 unspecified atom stereocenters. The zero-order valence-corrected chi connectivity index (χ0v) is 13.9. The Hall–Kier alpha value is -2.02. The molecule has 1 aliphatic rings. The Morgan fingerprint density at radius 3 is 2.50 bits per heavy atom. The van der Waals surface area contributed by atoms with Crippen molar-refractivity contribution in [3.63, 3.8) is 0 Å². The van der Waals surface area contributed by atoms with Gasteiger partial charge in [-0.1, -0.05) is 51.1 Å². The van der Waals surface area contributed by atoms with Gasteiger partial charge in [0.15, 0.2) is 0 Å². The summed E-state index contributed by atoms with van der Waals surface area (Å²) in [6.45, 7) is 6.87. The molecule has 1 nitrogen and oxygen atoms in total. The molecule has 0 N–H and O–H groups in total. The van der Waals surface area contributed by atoms with Gasteiger partial charge in [-0.3, -0.25) is 0 Å². The van der Waals surface area contributed by atoms with Crippen LogP contribution in [0.2, 0.25) is 0 Å². The van der Waals surface area contributed by atoms with Gasteiger partial charge in [0.1, 0.15) is 0 Å². The van der Waals surface area contributed by atoms with Crippen molar-refractivity contribution in [3.05, 3.63) is 59.2 Å². The number of rotatable bonds is 0. The van der Waals surface area contributed by atoms with E-state index in [0.717, 1.165) is 12.8 Å². The Balaban J connectivity index is 2.05. The average molecular weight is 289 g/mol. The van der Waals surface area contributed by atoms with Crippen molar-refractivity contribution in [3.8, 4) is 11.3 Å². The van der Waals surface area contributed by atoms with Gasteiger partial charge in [0.2, 0.25) is 0 Å². The molecule has 0 atom stereocenters. The molecule has 1 aromatic heterocycles. The molecule has 0 saturated carbocycles. The molecule has 4 rings (SSSR count). The molecule has 0 aliphatic heterocycles. The number of hydrogen-bond acceptors (Lipinski definition) is 0. The maximum atomic E-state index is 2.42. The van der Waals surface area contributed by atoms with Crippen LogP contribution in [0.25, 0.3) is 22.2 Å². The summed E-state index contributed by atoms with van der Waals surface area (Å²) in [5, 5.41) is 1.44. The van der Waals surface area contributed by atoms with Crippen LogP contribution in [0.3, 0.4) is 0 Å². The van der Waals surface area contributed by atoms with Crippen LogP contribution in [-0.2, 0) is 25.3 Å². The largest absolute Gasteiger partial charge is 0.343 e. The van der Waals surface area contributed by atoms with Gasteiger partial charge in [-0.25, -0.2) is 0 Å². The zero-order valence-electron chi connectivity index (χ0n) is 13.9. The van der Waals surface area contributed by atoms with Gasteiger partial charge in [-0.05, 0) is 47.1 Å². The Kier molecular flexibility index (Phi) is 2.78. The van der Waals surface area contributed by atoms with Gasteiger partial charge < -0.3 is 4.57 Å². The summed E-state index contributed by atoms with van der Waals surface area (Å²) in [5.41, 5.74) is 8.83. The first-order valence-electron chi connectivity index (χ1n) is 8.17. The van der Waals surface area contributed by atoms with Gasteiger partial charge in [0, 0.05) is 23.5 Å². The van der Waals surface area contributed by atoms with Crippen molar-refractivity contribution in [2.24, 2.45) is 7.05 Å². The van der Waals surface area contributed by atoms with Crippen LogP contribution in [0.1, 0.15) is 37.5 Å². The minimum absolute atomic E-state index is 0.198. The quantitative estimate of drug-likeness (QED) is 0.533. The number of benzene rings is 2. The van der Waals surface area contributed by atoms with Crippen molar-refractivity contribution in [2.45, 2.75) is 39.0 Å².